The van der Waals surface area contributed by atoms with E-state index in [1.54, 1.807) is 0 Å². The van der Waals surface area contributed by atoms with E-state index in [-0.39, 0.29) is 6.10 Å². The number of halogens is 1. The van der Waals surface area contributed by atoms with Gasteiger partial charge in [0.15, 0.2) is 0 Å². The standard InChI is InChI=1S/C10H11ClN2O/c1-7-6-12-10(14-7)13-9-4-2-3-8(11)5-9/h2-5,7H,6H2,1H3,(H,12,13). The fraction of sp³-hybridized carbons (Fsp3) is 0.300. The molecular formula is C10H11ClN2O. The first-order chi connectivity index (χ1) is 6.74. The van der Waals surface area contributed by atoms with Crippen LogP contribution in [0.2, 0.25) is 5.02 Å². The Hall–Kier alpha value is -1.22. The van der Waals surface area contributed by atoms with Gasteiger partial charge in [0.1, 0.15) is 6.10 Å². The molecule has 74 valence electrons. The summed E-state index contributed by atoms with van der Waals surface area (Å²) in [7, 11) is 0. The Morgan fingerprint density at radius 2 is 2.43 bits per heavy atom. The number of aliphatic imine (C=N–C) groups is 1. The fourth-order valence-corrected chi connectivity index (χ4v) is 1.43. The molecule has 0 saturated heterocycles. The third kappa shape index (κ3) is 2.17. The lowest BCUT2D eigenvalue weighted by molar-refractivity contribution is 0.245. The molecule has 1 aromatic carbocycles. The summed E-state index contributed by atoms with van der Waals surface area (Å²) >= 11 is 5.84. The highest BCUT2D eigenvalue weighted by molar-refractivity contribution is 6.30. The van der Waals surface area contributed by atoms with E-state index in [2.05, 4.69) is 10.3 Å². The summed E-state index contributed by atoms with van der Waals surface area (Å²) in [4.78, 5) is 4.18. The average molecular weight is 211 g/mol. The third-order valence-corrected chi connectivity index (χ3v) is 2.12. The summed E-state index contributed by atoms with van der Waals surface area (Å²) in [5.74, 6) is 0. The molecule has 1 aromatic rings. The van der Waals surface area contributed by atoms with Crippen LogP contribution in [0.3, 0.4) is 0 Å². The van der Waals surface area contributed by atoms with Crippen molar-refractivity contribution in [1.29, 1.82) is 0 Å². The van der Waals surface area contributed by atoms with Crippen LogP contribution >= 0.6 is 11.6 Å². The van der Waals surface area contributed by atoms with Crippen molar-refractivity contribution in [2.45, 2.75) is 13.0 Å². The smallest absolute Gasteiger partial charge is 0.289 e. The largest absolute Gasteiger partial charge is 0.460 e. The van der Waals surface area contributed by atoms with Crippen LogP contribution in [-0.2, 0) is 4.74 Å². The van der Waals surface area contributed by atoms with Gasteiger partial charge in [0.25, 0.3) is 6.02 Å². The molecular weight excluding hydrogens is 200 g/mol. The molecule has 0 bridgehead atoms. The Labute approximate surface area is 87.7 Å². The zero-order valence-corrected chi connectivity index (χ0v) is 8.58. The monoisotopic (exact) mass is 210 g/mol. The van der Waals surface area contributed by atoms with E-state index in [9.17, 15) is 0 Å². The molecule has 1 aliphatic rings. The van der Waals surface area contributed by atoms with Gasteiger partial charge in [-0.15, -0.1) is 0 Å². The zero-order valence-electron chi connectivity index (χ0n) is 7.83. The number of anilines is 1. The molecule has 4 heteroatoms. The molecule has 0 fully saturated rings. The lowest BCUT2D eigenvalue weighted by atomic mass is 10.3. The van der Waals surface area contributed by atoms with Gasteiger partial charge < -0.3 is 10.1 Å². The molecule has 0 spiro atoms. The number of amidine groups is 1. The molecule has 0 radical (unpaired) electrons. The SMILES string of the molecule is CC1CN=C(Nc2cccc(Cl)c2)O1. The Morgan fingerprint density at radius 1 is 1.57 bits per heavy atom. The Morgan fingerprint density at radius 3 is 3.07 bits per heavy atom. The molecule has 0 amide bonds. The first-order valence-electron chi connectivity index (χ1n) is 4.48. The van der Waals surface area contributed by atoms with Crippen molar-refractivity contribution in [3.63, 3.8) is 0 Å². The second kappa shape index (κ2) is 3.88. The minimum Gasteiger partial charge on any atom is -0.460 e. The fourth-order valence-electron chi connectivity index (χ4n) is 1.24. The summed E-state index contributed by atoms with van der Waals surface area (Å²) in [6, 6.07) is 8.02. The van der Waals surface area contributed by atoms with E-state index in [0.717, 1.165) is 5.69 Å². The van der Waals surface area contributed by atoms with Gasteiger partial charge in [0, 0.05) is 10.7 Å². The second-order valence-corrected chi connectivity index (χ2v) is 3.65. The van der Waals surface area contributed by atoms with Crippen molar-refractivity contribution in [3.05, 3.63) is 29.3 Å². The van der Waals surface area contributed by atoms with Crippen molar-refractivity contribution in [2.75, 3.05) is 11.9 Å². The average Bonchev–Trinajstić information content (AvgIpc) is 2.51. The van der Waals surface area contributed by atoms with Gasteiger partial charge in [-0.25, -0.2) is 4.99 Å². The van der Waals surface area contributed by atoms with Crippen LogP contribution < -0.4 is 5.32 Å². The maximum Gasteiger partial charge on any atom is 0.289 e. The number of hydrogen-bond donors (Lipinski definition) is 1. The van der Waals surface area contributed by atoms with E-state index in [1.807, 2.05) is 31.2 Å². The van der Waals surface area contributed by atoms with Gasteiger partial charge in [-0.3, -0.25) is 0 Å². The minimum atomic E-state index is 0.164. The summed E-state index contributed by atoms with van der Waals surface area (Å²) in [6.45, 7) is 2.69. The maximum atomic E-state index is 5.84. The Balaban J connectivity index is 2.04. The van der Waals surface area contributed by atoms with Crippen LogP contribution in [0.1, 0.15) is 6.92 Å². The van der Waals surface area contributed by atoms with Gasteiger partial charge in [0.2, 0.25) is 0 Å². The molecule has 0 aromatic heterocycles. The Kier molecular flexibility index (Phi) is 2.59. The van der Waals surface area contributed by atoms with E-state index < -0.39 is 0 Å². The molecule has 0 aliphatic carbocycles. The van der Waals surface area contributed by atoms with E-state index in [1.165, 1.54) is 0 Å². The van der Waals surface area contributed by atoms with Crippen LogP contribution in [0, 0.1) is 0 Å². The highest BCUT2D eigenvalue weighted by Gasteiger charge is 2.14. The lowest BCUT2D eigenvalue weighted by Crippen LogP contribution is -2.15. The molecule has 1 N–H and O–H groups in total. The van der Waals surface area contributed by atoms with Gasteiger partial charge in [0.05, 0.1) is 6.54 Å². The van der Waals surface area contributed by atoms with Crippen LogP contribution in [0.4, 0.5) is 5.69 Å². The second-order valence-electron chi connectivity index (χ2n) is 3.21. The van der Waals surface area contributed by atoms with E-state index in [0.29, 0.717) is 17.6 Å². The van der Waals surface area contributed by atoms with Gasteiger partial charge >= 0.3 is 0 Å². The quantitative estimate of drug-likeness (QED) is 0.773. The van der Waals surface area contributed by atoms with Crippen molar-refractivity contribution in [3.8, 4) is 0 Å². The lowest BCUT2D eigenvalue weighted by Gasteiger charge is -2.07. The molecule has 1 unspecified atom stereocenters. The first-order valence-corrected chi connectivity index (χ1v) is 4.85. The topological polar surface area (TPSA) is 33.6 Å². The number of ether oxygens (including phenoxy) is 1. The van der Waals surface area contributed by atoms with Crippen molar-refractivity contribution in [1.82, 2.24) is 0 Å². The molecule has 14 heavy (non-hydrogen) atoms. The summed E-state index contributed by atoms with van der Waals surface area (Å²) in [6.07, 6.45) is 0.164. The summed E-state index contributed by atoms with van der Waals surface area (Å²) in [5.41, 5.74) is 0.894. The van der Waals surface area contributed by atoms with Crippen LogP contribution in [0.15, 0.2) is 29.3 Å². The van der Waals surface area contributed by atoms with Crippen LogP contribution in [-0.4, -0.2) is 18.7 Å². The number of benzene rings is 1. The number of nitrogens with one attached hydrogen (secondary N) is 1. The maximum absolute atomic E-state index is 5.84. The normalized spacial score (nSPS) is 20.1. The van der Waals surface area contributed by atoms with E-state index in [4.69, 9.17) is 16.3 Å². The van der Waals surface area contributed by atoms with Crippen LogP contribution in [0.25, 0.3) is 0 Å². The van der Waals surface area contributed by atoms with Gasteiger partial charge in [-0.2, -0.15) is 0 Å². The molecule has 1 atom stereocenters. The number of hydrogen-bond acceptors (Lipinski definition) is 3. The van der Waals surface area contributed by atoms with Crippen molar-refractivity contribution in [2.24, 2.45) is 4.99 Å². The Bertz CT molecular complexity index is 365. The predicted octanol–water partition coefficient (Wildman–Crippen LogP) is 2.53. The molecule has 3 nitrogen and oxygen atoms in total. The summed E-state index contributed by atoms with van der Waals surface area (Å²) in [5, 5.41) is 3.75. The molecule has 1 aliphatic heterocycles. The zero-order chi connectivity index (χ0) is 9.97. The third-order valence-electron chi connectivity index (χ3n) is 1.88. The molecule has 0 saturated carbocycles. The van der Waals surface area contributed by atoms with Gasteiger partial charge in [-0.1, -0.05) is 17.7 Å². The highest BCUT2D eigenvalue weighted by Crippen LogP contribution is 2.16. The molecule has 2 rings (SSSR count). The first kappa shape index (κ1) is 9.34. The van der Waals surface area contributed by atoms with Gasteiger partial charge in [-0.05, 0) is 25.1 Å². The van der Waals surface area contributed by atoms with Crippen LogP contribution in [0.5, 0.6) is 0 Å². The minimum absolute atomic E-state index is 0.164. The van der Waals surface area contributed by atoms with Crippen molar-refractivity contribution >= 4 is 23.3 Å². The molecule has 1 heterocycles. The summed E-state index contributed by atoms with van der Waals surface area (Å²) < 4.78 is 5.40. The number of nitrogens with zero attached hydrogens (tertiary/aromatic N) is 1. The number of rotatable bonds is 1. The van der Waals surface area contributed by atoms with E-state index >= 15 is 0 Å². The highest BCUT2D eigenvalue weighted by atomic mass is 35.5. The van der Waals surface area contributed by atoms with Crippen molar-refractivity contribution < 1.29 is 4.74 Å². The predicted molar refractivity (Wildman–Crippen MR) is 57.9 cm³/mol.